The van der Waals surface area contributed by atoms with Crippen molar-refractivity contribution in [1.29, 1.82) is 0 Å². The number of hydrogen-bond acceptors (Lipinski definition) is 3. The number of hydrogen-bond donors (Lipinski definition) is 2. The molecule has 0 spiro atoms. The molecular formula is C17H14BrClN2O3. The number of carboxylic acid groups (broad SMARTS) is 1. The van der Waals surface area contributed by atoms with Gasteiger partial charge in [0.1, 0.15) is 0 Å². The van der Waals surface area contributed by atoms with Crippen LogP contribution in [0.4, 0.5) is 0 Å². The van der Waals surface area contributed by atoms with Crippen LogP contribution in [0.15, 0.2) is 58.1 Å². The Labute approximate surface area is 152 Å². The number of carbonyl (C=O) groups is 2. The molecule has 24 heavy (non-hydrogen) atoms. The number of carboxylic acids is 1. The summed E-state index contributed by atoms with van der Waals surface area (Å²) in [6.45, 7) is 0. The Kier molecular flexibility index (Phi) is 6.52. The molecular weight excluding hydrogens is 396 g/mol. The predicted octanol–water partition coefficient (Wildman–Crippen LogP) is 4.10. The summed E-state index contributed by atoms with van der Waals surface area (Å²) in [7, 11) is 0. The van der Waals surface area contributed by atoms with Gasteiger partial charge >= 0.3 is 5.97 Å². The van der Waals surface area contributed by atoms with Gasteiger partial charge in [0.15, 0.2) is 0 Å². The quantitative estimate of drug-likeness (QED) is 0.557. The molecule has 1 amide bonds. The number of aliphatic carboxylic acids is 1. The normalized spacial score (nSPS) is 11.2. The Morgan fingerprint density at radius 1 is 1.08 bits per heavy atom. The summed E-state index contributed by atoms with van der Waals surface area (Å²) >= 11 is 9.32. The van der Waals surface area contributed by atoms with Gasteiger partial charge in [0.2, 0.25) is 0 Å². The highest BCUT2D eigenvalue weighted by molar-refractivity contribution is 9.10. The lowest BCUT2D eigenvalue weighted by molar-refractivity contribution is -0.136. The van der Waals surface area contributed by atoms with Crippen molar-refractivity contribution in [3.8, 4) is 0 Å². The Morgan fingerprint density at radius 2 is 1.75 bits per heavy atom. The molecule has 0 unspecified atom stereocenters. The van der Waals surface area contributed by atoms with Crippen LogP contribution in [0.1, 0.15) is 28.8 Å². The van der Waals surface area contributed by atoms with Gasteiger partial charge in [-0.25, -0.2) is 5.43 Å². The lowest BCUT2D eigenvalue weighted by atomic mass is 10.1. The lowest BCUT2D eigenvalue weighted by Crippen LogP contribution is -2.21. The van der Waals surface area contributed by atoms with Gasteiger partial charge in [-0.3, -0.25) is 9.59 Å². The van der Waals surface area contributed by atoms with Crippen molar-refractivity contribution < 1.29 is 14.7 Å². The minimum absolute atomic E-state index is 0.0864. The zero-order valence-electron chi connectivity index (χ0n) is 12.5. The molecule has 124 valence electrons. The van der Waals surface area contributed by atoms with Gasteiger partial charge in [0, 0.05) is 10.9 Å². The lowest BCUT2D eigenvalue weighted by Gasteiger charge is -2.07. The molecule has 0 atom stereocenters. The Bertz CT molecular complexity index is 776. The zero-order valence-corrected chi connectivity index (χ0v) is 14.8. The zero-order chi connectivity index (χ0) is 17.5. The molecule has 5 nitrogen and oxygen atoms in total. The molecule has 0 aliphatic rings. The minimum atomic E-state index is -0.933. The molecule has 0 fully saturated rings. The largest absolute Gasteiger partial charge is 0.481 e. The Hall–Kier alpha value is -2.18. The highest BCUT2D eigenvalue weighted by atomic mass is 79.9. The van der Waals surface area contributed by atoms with E-state index in [2.05, 4.69) is 26.5 Å². The van der Waals surface area contributed by atoms with Crippen molar-refractivity contribution in [2.45, 2.75) is 12.8 Å². The number of carbonyl (C=O) groups excluding carboxylic acids is 1. The molecule has 2 aromatic carbocycles. The third kappa shape index (κ3) is 5.18. The Morgan fingerprint density at radius 3 is 2.38 bits per heavy atom. The molecule has 2 rings (SSSR count). The van der Waals surface area contributed by atoms with Gasteiger partial charge in [0.25, 0.3) is 5.91 Å². The number of rotatable bonds is 6. The van der Waals surface area contributed by atoms with Crippen molar-refractivity contribution in [3.05, 3.63) is 69.2 Å². The molecule has 0 bridgehead atoms. The molecule has 0 aliphatic carbocycles. The smallest absolute Gasteiger partial charge is 0.303 e. The van der Waals surface area contributed by atoms with Crippen molar-refractivity contribution in [3.63, 3.8) is 0 Å². The van der Waals surface area contributed by atoms with Crippen molar-refractivity contribution in [2.75, 3.05) is 0 Å². The molecule has 0 saturated carbocycles. The van der Waals surface area contributed by atoms with Gasteiger partial charge in [-0.2, -0.15) is 5.10 Å². The van der Waals surface area contributed by atoms with Gasteiger partial charge in [-0.1, -0.05) is 51.8 Å². The summed E-state index contributed by atoms with van der Waals surface area (Å²) in [5.74, 6) is -1.39. The van der Waals surface area contributed by atoms with Crippen LogP contribution < -0.4 is 5.43 Å². The summed E-state index contributed by atoms with van der Waals surface area (Å²) < 4.78 is 0.893. The molecule has 0 radical (unpaired) electrons. The average Bonchev–Trinajstić information content (AvgIpc) is 2.56. The molecule has 2 N–H and O–H groups in total. The fraction of sp³-hybridized carbons (Fsp3) is 0.118. The summed E-state index contributed by atoms with van der Waals surface area (Å²) in [5, 5.41) is 13.3. The van der Waals surface area contributed by atoms with Gasteiger partial charge in [-0.05, 0) is 29.8 Å². The Balaban J connectivity index is 2.21. The van der Waals surface area contributed by atoms with E-state index in [-0.39, 0.29) is 12.8 Å². The maximum absolute atomic E-state index is 12.2. The van der Waals surface area contributed by atoms with Crippen LogP contribution in [-0.2, 0) is 4.79 Å². The number of hydrazone groups is 1. The fourth-order valence-corrected chi connectivity index (χ4v) is 2.44. The van der Waals surface area contributed by atoms with Crippen LogP contribution in [0.2, 0.25) is 5.02 Å². The summed E-state index contributed by atoms with van der Waals surface area (Å²) in [6.07, 6.45) is 0.108. The number of nitrogens with zero attached hydrogens (tertiary/aromatic N) is 1. The van der Waals surface area contributed by atoms with Gasteiger partial charge in [0.05, 0.1) is 22.7 Å². The van der Waals surface area contributed by atoms with E-state index in [0.29, 0.717) is 16.3 Å². The number of benzene rings is 2. The maximum Gasteiger partial charge on any atom is 0.303 e. The minimum Gasteiger partial charge on any atom is -0.481 e. The first-order valence-electron chi connectivity index (χ1n) is 7.06. The van der Waals surface area contributed by atoms with Crippen molar-refractivity contribution >= 4 is 45.1 Å². The maximum atomic E-state index is 12.2. The van der Waals surface area contributed by atoms with Crippen LogP contribution in [-0.4, -0.2) is 22.7 Å². The van der Waals surface area contributed by atoms with E-state index in [1.54, 1.807) is 36.4 Å². The molecule has 0 aliphatic heterocycles. The second-order valence-electron chi connectivity index (χ2n) is 4.88. The van der Waals surface area contributed by atoms with Crippen LogP contribution in [0, 0.1) is 0 Å². The number of halogens is 2. The molecule has 2 aromatic rings. The van der Waals surface area contributed by atoms with Crippen LogP contribution in [0.5, 0.6) is 0 Å². The number of nitrogens with one attached hydrogen (secondary N) is 1. The highest BCUT2D eigenvalue weighted by Crippen LogP contribution is 2.15. The standard InChI is InChI=1S/C17H14BrClN2O3/c18-12-7-5-11(6-8-12)15(9-10-16(22)23)20-21-17(24)13-3-1-2-4-14(13)19/h1-8H,9-10H2,(H,21,24)(H,22,23)/b20-15-. The average molecular weight is 410 g/mol. The molecule has 0 aromatic heterocycles. The summed E-state index contributed by atoms with van der Waals surface area (Å²) in [4.78, 5) is 23.0. The van der Waals surface area contributed by atoms with E-state index >= 15 is 0 Å². The van der Waals surface area contributed by atoms with Crippen LogP contribution >= 0.6 is 27.5 Å². The van der Waals surface area contributed by atoms with E-state index in [4.69, 9.17) is 16.7 Å². The molecule has 0 saturated heterocycles. The van der Waals surface area contributed by atoms with Crippen molar-refractivity contribution in [1.82, 2.24) is 5.43 Å². The molecule has 0 heterocycles. The second-order valence-corrected chi connectivity index (χ2v) is 6.20. The third-order valence-corrected chi connectivity index (χ3v) is 4.02. The van der Waals surface area contributed by atoms with Crippen molar-refractivity contribution in [2.24, 2.45) is 5.10 Å². The highest BCUT2D eigenvalue weighted by Gasteiger charge is 2.11. The van der Waals surface area contributed by atoms with Crippen LogP contribution in [0.25, 0.3) is 0 Å². The second kappa shape index (κ2) is 8.61. The van der Waals surface area contributed by atoms with E-state index in [1.807, 2.05) is 12.1 Å². The first kappa shape index (κ1) is 18.2. The fourth-order valence-electron chi connectivity index (χ4n) is 1.96. The SMILES string of the molecule is O=C(O)CC/C(=N/NC(=O)c1ccccc1Cl)c1ccc(Br)cc1. The van der Waals surface area contributed by atoms with E-state index in [9.17, 15) is 9.59 Å². The van der Waals surface area contributed by atoms with Gasteiger partial charge < -0.3 is 5.11 Å². The first-order valence-corrected chi connectivity index (χ1v) is 8.23. The monoisotopic (exact) mass is 408 g/mol. The van der Waals surface area contributed by atoms with E-state index in [0.717, 1.165) is 10.0 Å². The molecule has 7 heteroatoms. The van der Waals surface area contributed by atoms with Gasteiger partial charge in [-0.15, -0.1) is 0 Å². The van der Waals surface area contributed by atoms with Crippen LogP contribution in [0.3, 0.4) is 0 Å². The summed E-state index contributed by atoms with van der Waals surface area (Å²) in [6, 6.07) is 13.9. The number of amides is 1. The van der Waals surface area contributed by atoms with E-state index in [1.165, 1.54) is 0 Å². The predicted molar refractivity (Wildman–Crippen MR) is 96.5 cm³/mol. The summed E-state index contributed by atoms with van der Waals surface area (Å²) in [5.41, 5.74) is 3.95. The third-order valence-electron chi connectivity index (χ3n) is 3.16. The first-order chi connectivity index (χ1) is 11.5. The van der Waals surface area contributed by atoms with E-state index < -0.39 is 11.9 Å². The topological polar surface area (TPSA) is 78.8 Å².